The summed E-state index contributed by atoms with van der Waals surface area (Å²) in [6.45, 7) is 6.86. The molecule has 13 heavy (non-hydrogen) atoms. The maximum Gasteiger partial charge on any atom is 0.319 e. The average molecular weight is 251 g/mol. The Labute approximate surface area is 87.0 Å². The third-order valence-electron chi connectivity index (χ3n) is 1.76. The minimum absolute atomic E-state index is 0.161. The normalized spacial score (nSPS) is 13.6. The summed E-state index contributed by atoms with van der Waals surface area (Å²) in [6, 6.07) is 0. The lowest BCUT2D eigenvalue weighted by Crippen LogP contribution is -2.38. The standard InChI is InChI=1S/C9H15BrO3/c1-5-13-8(12)9(3,4)7(11)6(2)10/h6H,5H2,1-4H3. The monoisotopic (exact) mass is 250 g/mol. The molecule has 0 fully saturated rings. The van der Waals surface area contributed by atoms with Gasteiger partial charge in [0.25, 0.3) is 0 Å². The fourth-order valence-corrected chi connectivity index (χ4v) is 1.48. The lowest BCUT2D eigenvalue weighted by Gasteiger charge is -2.21. The number of halogens is 1. The predicted molar refractivity (Wildman–Crippen MR) is 53.8 cm³/mol. The molecule has 0 rings (SSSR count). The molecule has 0 aliphatic carbocycles. The Bertz CT molecular complexity index is 209. The first-order valence-electron chi connectivity index (χ1n) is 4.19. The van der Waals surface area contributed by atoms with Gasteiger partial charge in [-0.05, 0) is 27.7 Å². The van der Waals surface area contributed by atoms with E-state index in [0.717, 1.165) is 0 Å². The minimum Gasteiger partial charge on any atom is -0.465 e. The first-order valence-corrected chi connectivity index (χ1v) is 5.11. The zero-order valence-electron chi connectivity index (χ0n) is 8.39. The summed E-state index contributed by atoms with van der Waals surface area (Å²) in [5.74, 6) is -0.628. The van der Waals surface area contributed by atoms with Crippen LogP contribution >= 0.6 is 15.9 Å². The van der Waals surface area contributed by atoms with Crippen molar-refractivity contribution in [2.45, 2.75) is 32.5 Å². The number of alkyl halides is 1. The number of hydrogen-bond donors (Lipinski definition) is 0. The van der Waals surface area contributed by atoms with Gasteiger partial charge in [0, 0.05) is 0 Å². The summed E-state index contributed by atoms with van der Waals surface area (Å²) >= 11 is 3.14. The van der Waals surface area contributed by atoms with Crippen molar-refractivity contribution in [3.8, 4) is 0 Å². The van der Waals surface area contributed by atoms with Crippen LogP contribution in [0.3, 0.4) is 0 Å². The summed E-state index contributed by atoms with van der Waals surface area (Å²) in [6.07, 6.45) is 0. The van der Waals surface area contributed by atoms with Gasteiger partial charge in [-0.15, -0.1) is 0 Å². The van der Waals surface area contributed by atoms with Gasteiger partial charge in [0.2, 0.25) is 0 Å². The molecule has 0 radical (unpaired) electrons. The molecule has 0 amide bonds. The summed E-state index contributed by atoms with van der Waals surface area (Å²) in [5, 5.41) is 0. The van der Waals surface area contributed by atoms with Crippen LogP contribution in [0.4, 0.5) is 0 Å². The number of Topliss-reactive ketones (excluding diaryl/α,β-unsaturated/α-hetero) is 1. The molecule has 0 aliphatic heterocycles. The van der Waals surface area contributed by atoms with Crippen molar-refractivity contribution in [2.24, 2.45) is 5.41 Å². The van der Waals surface area contributed by atoms with Gasteiger partial charge in [-0.1, -0.05) is 15.9 Å². The van der Waals surface area contributed by atoms with Crippen LogP contribution in [0, 0.1) is 5.41 Å². The van der Waals surface area contributed by atoms with E-state index in [9.17, 15) is 9.59 Å². The number of esters is 1. The van der Waals surface area contributed by atoms with Gasteiger partial charge in [0.1, 0.15) is 5.41 Å². The average Bonchev–Trinajstić information content (AvgIpc) is 2.03. The number of ether oxygens (including phenoxy) is 1. The molecule has 3 nitrogen and oxygen atoms in total. The van der Waals surface area contributed by atoms with Crippen LogP contribution in [0.1, 0.15) is 27.7 Å². The van der Waals surface area contributed by atoms with E-state index in [0.29, 0.717) is 6.61 Å². The van der Waals surface area contributed by atoms with Crippen LogP contribution < -0.4 is 0 Å². The number of carbonyl (C=O) groups excluding carboxylic acids is 2. The van der Waals surface area contributed by atoms with Gasteiger partial charge in [-0.3, -0.25) is 9.59 Å². The van der Waals surface area contributed by atoms with Crippen molar-refractivity contribution in [1.82, 2.24) is 0 Å². The Kier molecular flexibility index (Phi) is 4.61. The molecular weight excluding hydrogens is 236 g/mol. The maximum atomic E-state index is 11.5. The lowest BCUT2D eigenvalue weighted by molar-refractivity contribution is -0.157. The van der Waals surface area contributed by atoms with Crippen LogP contribution in [0.2, 0.25) is 0 Å². The lowest BCUT2D eigenvalue weighted by atomic mass is 9.87. The Morgan fingerprint density at radius 2 is 1.92 bits per heavy atom. The zero-order chi connectivity index (χ0) is 10.6. The summed E-state index contributed by atoms with van der Waals surface area (Å²) in [5.41, 5.74) is -1.06. The van der Waals surface area contributed by atoms with Gasteiger partial charge in [-0.2, -0.15) is 0 Å². The fraction of sp³-hybridized carbons (Fsp3) is 0.778. The van der Waals surface area contributed by atoms with Crippen molar-refractivity contribution in [2.75, 3.05) is 6.61 Å². The smallest absolute Gasteiger partial charge is 0.319 e. The quantitative estimate of drug-likeness (QED) is 0.435. The van der Waals surface area contributed by atoms with Crippen molar-refractivity contribution >= 4 is 27.7 Å². The molecule has 0 N–H and O–H groups in total. The van der Waals surface area contributed by atoms with Crippen molar-refractivity contribution < 1.29 is 14.3 Å². The fourth-order valence-electron chi connectivity index (χ4n) is 0.909. The zero-order valence-corrected chi connectivity index (χ0v) is 9.97. The molecule has 0 aliphatic rings. The summed E-state index contributed by atoms with van der Waals surface area (Å²) in [4.78, 5) is 22.6. The van der Waals surface area contributed by atoms with Crippen LogP contribution in [0.25, 0.3) is 0 Å². The third-order valence-corrected chi connectivity index (χ3v) is 2.18. The minimum atomic E-state index is -1.06. The van der Waals surface area contributed by atoms with E-state index in [1.165, 1.54) is 0 Å². The first kappa shape index (κ1) is 12.6. The molecular formula is C9H15BrO3. The molecule has 0 aromatic rings. The predicted octanol–water partition coefficient (Wildman–Crippen LogP) is 1.93. The topological polar surface area (TPSA) is 43.4 Å². The Morgan fingerprint density at radius 1 is 1.46 bits per heavy atom. The van der Waals surface area contributed by atoms with E-state index in [2.05, 4.69) is 15.9 Å². The molecule has 76 valence electrons. The van der Waals surface area contributed by atoms with E-state index >= 15 is 0 Å². The van der Waals surface area contributed by atoms with Crippen molar-refractivity contribution in [1.29, 1.82) is 0 Å². The van der Waals surface area contributed by atoms with Crippen LogP contribution in [0.15, 0.2) is 0 Å². The summed E-state index contributed by atoms with van der Waals surface area (Å²) in [7, 11) is 0. The highest BCUT2D eigenvalue weighted by Gasteiger charge is 2.38. The molecule has 0 aromatic carbocycles. The molecule has 0 spiro atoms. The van der Waals surface area contributed by atoms with E-state index < -0.39 is 11.4 Å². The van der Waals surface area contributed by atoms with E-state index in [4.69, 9.17) is 4.74 Å². The largest absolute Gasteiger partial charge is 0.465 e. The maximum absolute atomic E-state index is 11.5. The number of rotatable bonds is 4. The van der Waals surface area contributed by atoms with Gasteiger partial charge in [0.15, 0.2) is 5.78 Å². The number of ketones is 1. The number of hydrogen-bond acceptors (Lipinski definition) is 3. The van der Waals surface area contributed by atoms with E-state index in [1.54, 1.807) is 27.7 Å². The third kappa shape index (κ3) is 3.10. The molecule has 1 unspecified atom stereocenters. The molecule has 0 saturated heterocycles. The molecule has 1 atom stereocenters. The highest BCUT2D eigenvalue weighted by atomic mass is 79.9. The van der Waals surface area contributed by atoms with Crippen molar-refractivity contribution in [3.63, 3.8) is 0 Å². The van der Waals surface area contributed by atoms with Crippen LogP contribution in [0.5, 0.6) is 0 Å². The SMILES string of the molecule is CCOC(=O)C(C)(C)C(=O)C(C)Br. The Balaban J connectivity index is 4.55. The second-order valence-electron chi connectivity index (χ2n) is 3.33. The molecule has 0 heterocycles. The molecule has 0 bridgehead atoms. The first-order chi connectivity index (χ1) is 5.84. The van der Waals surface area contributed by atoms with E-state index in [1.807, 2.05) is 0 Å². The summed E-state index contributed by atoms with van der Waals surface area (Å²) < 4.78 is 4.80. The van der Waals surface area contributed by atoms with E-state index in [-0.39, 0.29) is 10.6 Å². The van der Waals surface area contributed by atoms with Gasteiger partial charge in [0.05, 0.1) is 11.4 Å². The van der Waals surface area contributed by atoms with Crippen molar-refractivity contribution in [3.05, 3.63) is 0 Å². The Hall–Kier alpha value is -0.380. The second-order valence-corrected chi connectivity index (χ2v) is 4.70. The van der Waals surface area contributed by atoms with Crippen LogP contribution in [-0.2, 0) is 14.3 Å². The van der Waals surface area contributed by atoms with Gasteiger partial charge in [-0.25, -0.2) is 0 Å². The molecule has 0 aromatic heterocycles. The highest BCUT2D eigenvalue weighted by Crippen LogP contribution is 2.23. The highest BCUT2D eigenvalue weighted by molar-refractivity contribution is 9.10. The molecule has 4 heteroatoms. The van der Waals surface area contributed by atoms with Gasteiger partial charge < -0.3 is 4.74 Å². The number of carbonyl (C=O) groups is 2. The second kappa shape index (κ2) is 4.74. The Morgan fingerprint density at radius 3 is 2.23 bits per heavy atom. The van der Waals surface area contributed by atoms with Crippen LogP contribution in [-0.4, -0.2) is 23.2 Å². The van der Waals surface area contributed by atoms with Gasteiger partial charge >= 0.3 is 5.97 Å². The molecule has 0 saturated carbocycles.